The number of halogens is 4. The van der Waals surface area contributed by atoms with Crippen LogP contribution in [0.5, 0.6) is 0 Å². The van der Waals surface area contributed by atoms with Gasteiger partial charge in [-0.1, -0.05) is 40.0 Å². The number of methoxy groups -OCH3 is 1. The molecule has 1 N–H and O–H groups in total. The minimum atomic E-state index is -1.83. The van der Waals surface area contributed by atoms with E-state index in [1.54, 1.807) is 17.0 Å². The minimum absolute atomic E-state index is 0.00456. The van der Waals surface area contributed by atoms with Crippen molar-refractivity contribution in [1.29, 1.82) is 0 Å². The number of alkyl halides is 3. The number of rotatable bonds is 10. The standard InChI is InChI=1S/C24H27Cl3FN5O8/c1-37-8-9-38-21(34)29-15-4-6-31(11-15)19-3-2-16(10-18(19)28)32-12-17(41-23(32)36)13-33(20-5-7-40-30-20)22(35)39-14-24(25,26)27/h2-3,5,7,10,15,17H,4,6,8-9,11-14H2,1H3,(H,29,34)/t15-,17-/m1/s1. The number of aromatic nitrogens is 1. The summed E-state index contributed by atoms with van der Waals surface area (Å²) in [5.74, 6) is -0.465. The Kier molecular flexibility index (Phi) is 10.2. The Morgan fingerprint density at radius 1 is 1.22 bits per heavy atom. The molecular formula is C24H27Cl3FN5O8. The molecule has 1 aromatic heterocycles. The number of alkyl carbamates (subject to hydrolysis) is 1. The highest BCUT2D eigenvalue weighted by molar-refractivity contribution is 6.67. The summed E-state index contributed by atoms with van der Waals surface area (Å²) in [6, 6.07) is 5.56. The maximum atomic E-state index is 15.2. The molecular weight excluding hydrogens is 612 g/mol. The van der Waals surface area contributed by atoms with Crippen LogP contribution in [0, 0.1) is 5.82 Å². The predicted molar refractivity (Wildman–Crippen MR) is 146 cm³/mol. The van der Waals surface area contributed by atoms with Gasteiger partial charge in [0.1, 0.15) is 31.4 Å². The molecule has 0 aliphatic carbocycles. The van der Waals surface area contributed by atoms with Crippen molar-refractivity contribution in [2.24, 2.45) is 0 Å². The summed E-state index contributed by atoms with van der Waals surface area (Å²) in [5, 5.41) is 6.48. The van der Waals surface area contributed by atoms with E-state index in [2.05, 4.69) is 10.5 Å². The van der Waals surface area contributed by atoms with Gasteiger partial charge in [0.05, 0.1) is 37.1 Å². The zero-order valence-electron chi connectivity index (χ0n) is 21.8. The number of amides is 3. The summed E-state index contributed by atoms with van der Waals surface area (Å²) in [7, 11) is 1.51. The Hall–Kier alpha value is -3.20. The van der Waals surface area contributed by atoms with Crippen molar-refractivity contribution in [2.75, 3.05) is 67.8 Å². The van der Waals surface area contributed by atoms with Gasteiger partial charge in [0.2, 0.25) is 3.79 Å². The normalized spacial score (nSPS) is 18.8. The van der Waals surface area contributed by atoms with Crippen LogP contribution in [0.25, 0.3) is 0 Å². The van der Waals surface area contributed by atoms with Crippen LogP contribution in [-0.4, -0.2) is 92.5 Å². The Bertz CT molecular complexity index is 1220. The average molecular weight is 639 g/mol. The van der Waals surface area contributed by atoms with E-state index < -0.39 is 40.6 Å². The SMILES string of the molecule is COCCOC(=O)N[C@@H]1CCN(c2ccc(N3C[C@H](CN(C(=O)OCC(Cl)(Cl)Cl)c4ccon4)OC3=O)cc2F)C1. The smallest absolute Gasteiger partial charge is 0.415 e. The van der Waals surface area contributed by atoms with Gasteiger partial charge >= 0.3 is 18.3 Å². The molecule has 1 aromatic carbocycles. The highest BCUT2D eigenvalue weighted by Gasteiger charge is 2.37. The third-order valence-electron chi connectivity index (χ3n) is 6.16. The van der Waals surface area contributed by atoms with Crippen molar-refractivity contribution in [2.45, 2.75) is 22.4 Å². The van der Waals surface area contributed by atoms with Gasteiger partial charge in [-0.25, -0.2) is 18.8 Å². The maximum absolute atomic E-state index is 15.2. The number of hydrogen-bond acceptors (Lipinski definition) is 10. The fourth-order valence-electron chi connectivity index (χ4n) is 4.30. The summed E-state index contributed by atoms with van der Waals surface area (Å²) in [6.45, 7) is 0.634. The number of carbonyl (C=O) groups excluding carboxylic acids is 3. The van der Waals surface area contributed by atoms with Gasteiger partial charge in [0.15, 0.2) is 5.82 Å². The van der Waals surface area contributed by atoms with Crippen molar-refractivity contribution >= 4 is 70.3 Å². The molecule has 13 nitrogen and oxygen atoms in total. The quantitative estimate of drug-likeness (QED) is 0.230. The number of carbonyl (C=O) groups is 3. The predicted octanol–water partition coefficient (Wildman–Crippen LogP) is 4.10. The first kappa shape index (κ1) is 30.8. The van der Waals surface area contributed by atoms with Crippen LogP contribution in [-0.2, 0) is 18.9 Å². The van der Waals surface area contributed by atoms with E-state index in [9.17, 15) is 14.4 Å². The van der Waals surface area contributed by atoms with Crippen molar-refractivity contribution in [3.63, 3.8) is 0 Å². The minimum Gasteiger partial charge on any atom is -0.447 e. The molecule has 41 heavy (non-hydrogen) atoms. The second kappa shape index (κ2) is 13.6. The molecule has 4 rings (SSSR count). The van der Waals surface area contributed by atoms with Gasteiger partial charge in [-0.3, -0.25) is 9.80 Å². The van der Waals surface area contributed by atoms with Crippen molar-refractivity contribution in [3.8, 4) is 0 Å². The Morgan fingerprint density at radius 2 is 2.02 bits per heavy atom. The number of nitrogens with one attached hydrogen (secondary N) is 1. The largest absolute Gasteiger partial charge is 0.447 e. The molecule has 17 heteroatoms. The van der Waals surface area contributed by atoms with E-state index >= 15 is 4.39 Å². The number of anilines is 3. The van der Waals surface area contributed by atoms with E-state index in [-0.39, 0.29) is 43.9 Å². The average Bonchev–Trinajstić information content (AvgIpc) is 3.67. The molecule has 3 amide bonds. The molecule has 3 heterocycles. The number of benzene rings is 1. The first-order valence-corrected chi connectivity index (χ1v) is 13.5. The van der Waals surface area contributed by atoms with E-state index in [1.165, 1.54) is 30.4 Å². The zero-order chi connectivity index (χ0) is 29.6. The lowest BCUT2D eigenvalue weighted by molar-refractivity contribution is 0.0969. The van der Waals surface area contributed by atoms with E-state index in [0.29, 0.717) is 25.2 Å². The third-order valence-corrected chi connectivity index (χ3v) is 6.48. The monoisotopic (exact) mass is 637 g/mol. The second-order valence-electron chi connectivity index (χ2n) is 9.09. The van der Waals surface area contributed by atoms with Crippen molar-refractivity contribution in [3.05, 3.63) is 36.3 Å². The van der Waals surface area contributed by atoms with Gasteiger partial charge in [-0.05, 0) is 24.6 Å². The Labute approximate surface area is 249 Å². The number of hydrogen-bond donors (Lipinski definition) is 1. The van der Waals surface area contributed by atoms with Gasteiger partial charge in [0, 0.05) is 26.3 Å². The maximum Gasteiger partial charge on any atom is 0.415 e. The molecule has 2 fully saturated rings. The van der Waals surface area contributed by atoms with Gasteiger partial charge in [-0.15, -0.1) is 0 Å². The summed E-state index contributed by atoms with van der Waals surface area (Å²) < 4.78 is 38.5. The summed E-state index contributed by atoms with van der Waals surface area (Å²) in [6.07, 6.45) is -1.17. The lowest BCUT2D eigenvalue weighted by atomic mass is 10.2. The van der Waals surface area contributed by atoms with Crippen LogP contribution in [0.3, 0.4) is 0 Å². The zero-order valence-corrected chi connectivity index (χ0v) is 24.0. The number of cyclic esters (lactones) is 1. The first-order chi connectivity index (χ1) is 19.5. The number of nitrogens with zero attached hydrogens (tertiary/aromatic N) is 4. The first-order valence-electron chi connectivity index (χ1n) is 12.4. The molecule has 0 spiro atoms. The van der Waals surface area contributed by atoms with E-state index in [0.717, 1.165) is 4.90 Å². The Morgan fingerprint density at radius 3 is 2.71 bits per heavy atom. The molecule has 2 aliphatic rings. The van der Waals surface area contributed by atoms with Gasteiger partial charge < -0.3 is 33.7 Å². The molecule has 2 aromatic rings. The molecule has 0 bridgehead atoms. The fraction of sp³-hybridized carbons (Fsp3) is 0.500. The third kappa shape index (κ3) is 8.41. The van der Waals surface area contributed by atoms with Crippen molar-refractivity contribution < 1.29 is 42.2 Å². The molecule has 0 saturated carbocycles. The lowest BCUT2D eigenvalue weighted by Crippen LogP contribution is -2.40. The molecule has 2 saturated heterocycles. The topological polar surface area (TPSA) is 136 Å². The number of ether oxygens (including phenoxy) is 4. The van der Waals surface area contributed by atoms with Crippen LogP contribution in [0.4, 0.5) is 36.0 Å². The second-order valence-corrected chi connectivity index (χ2v) is 11.6. The summed E-state index contributed by atoms with van der Waals surface area (Å²) in [4.78, 5) is 41.3. The molecule has 224 valence electrons. The van der Waals surface area contributed by atoms with Crippen molar-refractivity contribution in [1.82, 2.24) is 10.5 Å². The lowest BCUT2D eigenvalue weighted by Gasteiger charge is -2.23. The molecule has 0 unspecified atom stereocenters. The fourth-order valence-corrected chi connectivity index (χ4v) is 4.47. The summed E-state index contributed by atoms with van der Waals surface area (Å²) >= 11 is 17.0. The highest BCUT2D eigenvalue weighted by Crippen LogP contribution is 2.31. The van der Waals surface area contributed by atoms with Crippen LogP contribution in [0.15, 0.2) is 35.1 Å². The van der Waals surface area contributed by atoms with E-state index in [1.807, 2.05) is 0 Å². The Balaban J connectivity index is 1.36. The van der Waals surface area contributed by atoms with E-state index in [4.69, 9.17) is 58.3 Å². The molecule has 2 aliphatic heterocycles. The van der Waals surface area contributed by atoms with Crippen LogP contribution in [0.1, 0.15) is 6.42 Å². The van der Waals surface area contributed by atoms with Gasteiger partial charge in [-0.2, -0.15) is 0 Å². The summed E-state index contributed by atoms with van der Waals surface area (Å²) in [5.41, 5.74) is 0.588. The molecule has 2 atom stereocenters. The molecule has 0 radical (unpaired) electrons. The highest BCUT2D eigenvalue weighted by atomic mass is 35.6. The van der Waals surface area contributed by atoms with Crippen LogP contribution < -0.4 is 20.0 Å². The van der Waals surface area contributed by atoms with Gasteiger partial charge in [0.25, 0.3) is 0 Å². The van der Waals surface area contributed by atoms with Crippen LogP contribution in [0.2, 0.25) is 0 Å². The van der Waals surface area contributed by atoms with Crippen LogP contribution >= 0.6 is 34.8 Å².